The average Bonchev–Trinajstić information content (AvgIpc) is 2.23. The topological polar surface area (TPSA) is 103 Å². The lowest BCUT2D eigenvalue weighted by atomic mass is 10.3. The van der Waals surface area contributed by atoms with E-state index in [1.807, 2.05) is 6.92 Å². The lowest BCUT2D eigenvalue weighted by Crippen LogP contribution is -2.32. The van der Waals surface area contributed by atoms with Crippen LogP contribution in [0.2, 0.25) is 0 Å². The number of rotatable bonds is 5. The Morgan fingerprint density at radius 2 is 2.31 bits per heavy atom. The minimum Gasteiger partial charge on any atom is -0.476 e. The Morgan fingerprint density at radius 3 is 2.88 bits per heavy atom. The Morgan fingerprint density at radius 1 is 1.62 bits per heavy atom. The number of hydrogen-bond donors (Lipinski definition) is 3. The van der Waals surface area contributed by atoms with Crippen molar-refractivity contribution in [3.8, 4) is 5.88 Å². The standard InChI is InChI=1S/C10H16N4O2/c1-3-16-10-7(11)4-5-8(14-10)13-6(2)9(12)15/h4-6H,3,11H2,1-2H3,(H2,12,15)(H,13,14). The highest BCUT2D eigenvalue weighted by Crippen LogP contribution is 2.20. The average molecular weight is 224 g/mol. The first kappa shape index (κ1) is 12.1. The molecule has 0 bridgehead atoms. The fourth-order valence-corrected chi connectivity index (χ4v) is 1.08. The van der Waals surface area contributed by atoms with E-state index in [0.29, 0.717) is 24.0 Å². The molecule has 0 aliphatic rings. The SMILES string of the molecule is CCOc1nc(NC(C)C(N)=O)ccc1N. The van der Waals surface area contributed by atoms with Gasteiger partial charge in [-0.15, -0.1) is 0 Å². The Labute approximate surface area is 94.0 Å². The van der Waals surface area contributed by atoms with Gasteiger partial charge in [-0.1, -0.05) is 0 Å². The summed E-state index contributed by atoms with van der Waals surface area (Å²) in [6.07, 6.45) is 0. The van der Waals surface area contributed by atoms with Crippen LogP contribution < -0.4 is 21.5 Å². The summed E-state index contributed by atoms with van der Waals surface area (Å²) in [5.74, 6) is 0.407. The van der Waals surface area contributed by atoms with E-state index in [2.05, 4.69) is 10.3 Å². The number of aromatic nitrogens is 1. The Kier molecular flexibility index (Phi) is 3.93. The molecule has 0 saturated carbocycles. The van der Waals surface area contributed by atoms with Gasteiger partial charge in [-0.2, -0.15) is 4.98 Å². The molecule has 1 unspecified atom stereocenters. The van der Waals surface area contributed by atoms with Crippen molar-refractivity contribution in [2.75, 3.05) is 17.7 Å². The zero-order valence-corrected chi connectivity index (χ0v) is 9.36. The first-order valence-electron chi connectivity index (χ1n) is 4.99. The Balaban J connectivity index is 2.82. The van der Waals surface area contributed by atoms with Crippen LogP contribution in [0.4, 0.5) is 11.5 Å². The van der Waals surface area contributed by atoms with Gasteiger partial charge in [0.2, 0.25) is 11.8 Å². The maximum atomic E-state index is 10.9. The van der Waals surface area contributed by atoms with Crippen molar-refractivity contribution in [3.05, 3.63) is 12.1 Å². The summed E-state index contributed by atoms with van der Waals surface area (Å²) < 4.78 is 5.23. The van der Waals surface area contributed by atoms with E-state index in [1.54, 1.807) is 19.1 Å². The summed E-state index contributed by atoms with van der Waals surface area (Å²) in [6.45, 7) is 3.97. The number of nitrogens with two attached hydrogens (primary N) is 2. The summed E-state index contributed by atoms with van der Waals surface area (Å²) >= 11 is 0. The van der Waals surface area contributed by atoms with Gasteiger partial charge in [0.15, 0.2) is 0 Å². The second-order valence-electron chi connectivity index (χ2n) is 3.29. The number of pyridine rings is 1. The van der Waals surface area contributed by atoms with Crippen LogP contribution in [0.5, 0.6) is 5.88 Å². The van der Waals surface area contributed by atoms with Crippen LogP contribution in [-0.4, -0.2) is 23.5 Å². The molecule has 1 aromatic heterocycles. The molecule has 0 spiro atoms. The normalized spacial score (nSPS) is 11.9. The number of ether oxygens (including phenoxy) is 1. The van der Waals surface area contributed by atoms with Crippen LogP contribution >= 0.6 is 0 Å². The van der Waals surface area contributed by atoms with E-state index in [9.17, 15) is 4.79 Å². The van der Waals surface area contributed by atoms with E-state index >= 15 is 0 Å². The lowest BCUT2D eigenvalue weighted by Gasteiger charge is -2.12. The minimum absolute atomic E-state index is 0.351. The third kappa shape index (κ3) is 3.01. The molecule has 1 aromatic rings. The van der Waals surface area contributed by atoms with Gasteiger partial charge in [-0.05, 0) is 26.0 Å². The summed E-state index contributed by atoms with van der Waals surface area (Å²) in [5.41, 5.74) is 11.2. The second-order valence-corrected chi connectivity index (χ2v) is 3.29. The van der Waals surface area contributed by atoms with Crippen LogP contribution in [0.15, 0.2) is 12.1 Å². The molecule has 16 heavy (non-hydrogen) atoms. The number of hydrogen-bond acceptors (Lipinski definition) is 5. The third-order valence-electron chi connectivity index (χ3n) is 1.96. The number of carbonyl (C=O) groups is 1. The van der Waals surface area contributed by atoms with Crippen molar-refractivity contribution < 1.29 is 9.53 Å². The molecule has 5 N–H and O–H groups in total. The van der Waals surface area contributed by atoms with Gasteiger partial charge in [-0.25, -0.2) is 0 Å². The Bertz CT molecular complexity index is 381. The molecule has 0 aliphatic heterocycles. The predicted molar refractivity (Wildman–Crippen MR) is 62.1 cm³/mol. The highest BCUT2D eigenvalue weighted by Gasteiger charge is 2.10. The molecular formula is C10H16N4O2. The van der Waals surface area contributed by atoms with E-state index in [-0.39, 0.29) is 0 Å². The lowest BCUT2D eigenvalue weighted by molar-refractivity contribution is -0.118. The number of nitrogen functional groups attached to an aromatic ring is 1. The molecule has 6 nitrogen and oxygen atoms in total. The van der Waals surface area contributed by atoms with Crippen LogP contribution in [0.3, 0.4) is 0 Å². The third-order valence-corrected chi connectivity index (χ3v) is 1.96. The number of nitrogens with zero attached hydrogens (tertiary/aromatic N) is 1. The maximum absolute atomic E-state index is 10.9. The molecule has 0 fully saturated rings. The molecule has 1 rings (SSSR count). The van der Waals surface area contributed by atoms with Crippen molar-refractivity contribution in [2.45, 2.75) is 19.9 Å². The number of anilines is 2. The molecule has 0 saturated heterocycles. The highest BCUT2D eigenvalue weighted by molar-refractivity contribution is 5.82. The Hall–Kier alpha value is -1.98. The summed E-state index contributed by atoms with van der Waals surface area (Å²) in [4.78, 5) is 15.0. The van der Waals surface area contributed by atoms with Crippen molar-refractivity contribution in [3.63, 3.8) is 0 Å². The largest absolute Gasteiger partial charge is 0.476 e. The van der Waals surface area contributed by atoms with Gasteiger partial charge in [0.1, 0.15) is 11.9 Å². The van der Waals surface area contributed by atoms with Crippen molar-refractivity contribution >= 4 is 17.4 Å². The second kappa shape index (κ2) is 5.20. The summed E-state index contributed by atoms with van der Waals surface area (Å²) in [7, 11) is 0. The van der Waals surface area contributed by atoms with Crippen LogP contribution in [0.1, 0.15) is 13.8 Å². The molecule has 0 aromatic carbocycles. The first-order chi connectivity index (χ1) is 7.54. The van der Waals surface area contributed by atoms with Crippen LogP contribution in [-0.2, 0) is 4.79 Å². The monoisotopic (exact) mass is 224 g/mol. The molecule has 1 amide bonds. The van der Waals surface area contributed by atoms with Gasteiger partial charge in [0.05, 0.1) is 12.3 Å². The smallest absolute Gasteiger partial charge is 0.239 e. The zero-order valence-electron chi connectivity index (χ0n) is 9.36. The molecule has 88 valence electrons. The van der Waals surface area contributed by atoms with Crippen LogP contribution in [0, 0.1) is 0 Å². The maximum Gasteiger partial charge on any atom is 0.239 e. The van der Waals surface area contributed by atoms with E-state index < -0.39 is 11.9 Å². The van der Waals surface area contributed by atoms with Gasteiger partial charge in [0.25, 0.3) is 0 Å². The zero-order chi connectivity index (χ0) is 12.1. The molecule has 0 radical (unpaired) electrons. The quantitative estimate of drug-likeness (QED) is 0.669. The minimum atomic E-state index is -0.495. The highest BCUT2D eigenvalue weighted by atomic mass is 16.5. The van der Waals surface area contributed by atoms with E-state index in [0.717, 1.165) is 0 Å². The van der Waals surface area contributed by atoms with Crippen molar-refractivity contribution in [1.29, 1.82) is 0 Å². The van der Waals surface area contributed by atoms with E-state index in [1.165, 1.54) is 0 Å². The van der Waals surface area contributed by atoms with Crippen molar-refractivity contribution in [1.82, 2.24) is 4.98 Å². The van der Waals surface area contributed by atoms with Gasteiger partial charge < -0.3 is 21.5 Å². The number of amides is 1. The number of nitrogens with one attached hydrogen (secondary N) is 1. The molecule has 1 atom stereocenters. The first-order valence-corrected chi connectivity index (χ1v) is 4.99. The number of primary amides is 1. The van der Waals surface area contributed by atoms with Crippen LogP contribution in [0.25, 0.3) is 0 Å². The summed E-state index contributed by atoms with van der Waals surface area (Å²) in [6, 6.07) is 2.83. The van der Waals surface area contributed by atoms with Gasteiger partial charge in [-0.3, -0.25) is 4.79 Å². The number of carbonyl (C=O) groups excluding carboxylic acids is 1. The van der Waals surface area contributed by atoms with Gasteiger partial charge >= 0.3 is 0 Å². The van der Waals surface area contributed by atoms with Crippen molar-refractivity contribution in [2.24, 2.45) is 5.73 Å². The predicted octanol–water partition coefficient (Wildman–Crippen LogP) is 0.348. The van der Waals surface area contributed by atoms with Gasteiger partial charge in [0, 0.05) is 0 Å². The fourth-order valence-electron chi connectivity index (χ4n) is 1.08. The molecule has 0 aliphatic carbocycles. The fraction of sp³-hybridized carbons (Fsp3) is 0.400. The molecule has 1 heterocycles. The molecule has 6 heteroatoms. The van der Waals surface area contributed by atoms with E-state index in [4.69, 9.17) is 16.2 Å². The molecular weight excluding hydrogens is 208 g/mol. The summed E-state index contributed by atoms with van der Waals surface area (Å²) in [5, 5.41) is 2.85.